The quantitative estimate of drug-likeness (QED) is 0.0876. The highest BCUT2D eigenvalue weighted by Gasteiger charge is 2.51. The van der Waals surface area contributed by atoms with Crippen LogP contribution < -0.4 is 0 Å². The number of nitrogens with zero attached hydrogens (tertiary/aromatic N) is 7. The van der Waals surface area contributed by atoms with Crippen LogP contribution in [0.15, 0.2) is 70.9 Å². The van der Waals surface area contributed by atoms with Crippen molar-refractivity contribution in [3.63, 3.8) is 0 Å². The van der Waals surface area contributed by atoms with Crippen LogP contribution in [0, 0.1) is 23.7 Å². The van der Waals surface area contributed by atoms with Crippen LogP contribution in [0.3, 0.4) is 0 Å². The Labute approximate surface area is 322 Å². The molecule has 0 spiro atoms. The van der Waals surface area contributed by atoms with Crippen LogP contribution in [0.25, 0.3) is 20.9 Å². The Morgan fingerprint density at radius 2 is 1.27 bits per heavy atom. The maximum atomic E-state index is 13.4. The molecule has 2 aromatic rings. The molecule has 0 bridgehead atoms. The van der Waals surface area contributed by atoms with E-state index in [1.54, 1.807) is 0 Å². The number of hydrogen-bond donors (Lipinski definition) is 1. The summed E-state index contributed by atoms with van der Waals surface area (Å²) in [7, 11) is 0. The number of aliphatic hydroxyl groups excluding tert-OH is 1. The normalized spacial score (nSPS) is 36.2. The highest BCUT2D eigenvalue weighted by molar-refractivity contribution is 5.67. The summed E-state index contributed by atoms with van der Waals surface area (Å²) in [4.78, 5) is 21.1. The molecule has 300 valence electrons. The van der Waals surface area contributed by atoms with E-state index in [2.05, 4.69) is 27.0 Å². The van der Waals surface area contributed by atoms with Crippen LogP contribution in [0.2, 0.25) is 0 Å². The highest BCUT2D eigenvalue weighted by atomic mass is 16.7. The number of azide groups is 2. The van der Waals surface area contributed by atoms with E-state index in [1.165, 1.54) is 4.90 Å². The van der Waals surface area contributed by atoms with Gasteiger partial charge in [-0.05, 0) is 54.3 Å². The van der Waals surface area contributed by atoms with Crippen LogP contribution in [0.4, 0.5) is 4.79 Å². The van der Waals surface area contributed by atoms with E-state index >= 15 is 0 Å². The summed E-state index contributed by atoms with van der Waals surface area (Å²) in [6, 6.07) is 16.7. The van der Waals surface area contributed by atoms with Crippen LogP contribution in [-0.4, -0.2) is 90.4 Å². The van der Waals surface area contributed by atoms with Gasteiger partial charge in [0, 0.05) is 21.7 Å². The van der Waals surface area contributed by atoms with Gasteiger partial charge in [-0.3, -0.25) is 4.90 Å². The van der Waals surface area contributed by atoms with Crippen molar-refractivity contribution in [2.45, 2.75) is 136 Å². The van der Waals surface area contributed by atoms with E-state index in [0.717, 1.165) is 17.5 Å². The first-order valence-electron chi connectivity index (χ1n) is 19.1. The summed E-state index contributed by atoms with van der Waals surface area (Å²) < 4.78 is 43.9. The van der Waals surface area contributed by atoms with E-state index in [1.807, 2.05) is 102 Å². The second-order valence-electron chi connectivity index (χ2n) is 14.9. The molecule has 55 heavy (non-hydrogen) atoms. The maximum Gasteiger partial charge on any atom is 0.412 e. The van der Waals surface area contributed by atoms with E-state index in [9.17, 15) is 21.0 Å². The molecule has 3 heterocycles. The fourth-order valence-electron chi connectivity index (χ4n) is 7.42. The molecule has 3 aliphatic rings. The second-order valence-corrected chi connectivity index (χ2v) is 14.9. The molecular formula is C39H55N7O9. The van der Waals surface area contributed by atoms with Crippen molar-refractivity contribution in [2.75, 3.05) is 6.73 Å². The largest absolute Gasteiger partial charge is 0.444 e. The number of ether oxygens (including phenoxy) is 7. The minimum Gasteiger partial charge on any atom is -0.444 e. The fraction of sp³-hybridized carbons (Fsp3) is 0.667. The highest BCUT2D eigenvalue weighted by Crippen LogP contribution is 2.39. The first-order chi connectivity index (χ1) is 26.5. The lowest BCUT2D eigenvalue weighted by Crippen LogP contribution is -2.61. The number of amides is 1. The molecule has 15 atom stereocenters. The van der Waals surface area contributed by atoms with Crippen LogP contribution in [-0.2, 0) is 46.3 Å². The zero-order chi connectivity index (χ0) is 39.6. The van der Waals surface area contributed by atoms with Gasteiger partial charge in [0.1, 0.15) is 31.5 Å². The molecule has 1 N–H and O–H groups in total. The van der Waals surface area contributed by atoms with Crippen molar-refractivity contribution >= 4 is 6.09 Å². The van der Waals surface area contributed by atoms with Crippen molar-refractivity contribution in [1.29, 1.82) is 0 Å². The van der Waals surface area contributed by atoms with Crippen molar-refractivity contribution in [3.8, 4) is 0 Å². The molecule has 5 rings (SSSR count). The molecule has 0 aromatic heterocycles. The number of benzene rings is 2. The molecule has 0 aliphatic carbocycles. The second kappa shape index (κ2) is 19.8. The Kier molecular flexibility index (Phi) is 15.2. The molecule has 3 saturated heterocycles. The van der Waals surface area contributed by atoms with Gasteiger partial charge in [0.25, 0.3) is 0 Å². The Morgan fingerprint density at radius 1 is 0.745 bits per heavy atom. The van der Waals surface area contributed by atoms with Crippen molar-refractivity contribution in [3.05, 3.63) is 92.7 Å². The predicted molar refractivity (Wildman–Crippen MR) is 200 cm³/mol. The van der Waals surface area contributed by atoms with Crippen LogP contribution >= 0.6 is 0 Å². The van der Waals surface area contributed by atoms with Crippen molar-refractivity contribution in [1.82, 2.24) is 4.90 Å². The van der Waals surface area contributed by atoms with Crippen LogP contribution in [0.5, 0.6) is 0 Å². The molecule has 1 amide bonds. The number of carbonyl (C=O) groups is 1. The Bertz CT molecular complexity index is 1610. The molecule has 3 fully saturated rings. The lowest BCUT2D eigenvalue weighted by atomic mass is 9.82. The zero-order valence-electron chi connectivity index (χ0n) is 32.6. The summed E-state index contributed by atoms with van der Waals surface area (Å²) in [6.07, 6.45) is -6.62. The van der Waals surface area contributed by atoms with Crippen molar-refractivity contribution < 1.29 is 43.1 Å². The molecule has 6 unspecified atom stereocenters. The van der Waals surface area contributed by atoms with E-state index < -0.39 is 67.6 Å². The summed E-state index contributed by atoms with van der Waals surface area (Å²) >= 11 is 0. The molecule has 0 saturated carbocycles. The van der Waals surface area contributed by atoms with E-state index in [4.69, 9.17) is 33.2 Å². The lowest BCUT2D eigenvalue weighted by molar-refractivity contribution is -0.333. The Balaban J connectivity index is 1.35. The predicted octanol–water partition coefficient (Wildman–Crippen LogP) is 7.46. The minimum absolute atomic E-state index is 0.0648. The molecular weight excluding hydrogens is 710 g/mol. The average molecular weight is 766 g/mol. The number of hydrogen-bond acceptors (Lipinski definition) is 11. The molecule has 2 aromatic carbocycles. The SMILES string of the molecule is CCC1O[C@@H](O[C@@H]2C(N=[N+]=[N-])[C@H](O[C@@H]3C(N=[N+]=[N-])[C@H](OCN(Cc4ccccc4)C(=O)OCc4ccccc4)OC(C)[C@@H]3C)OC(C)[C@H]2C)C(O)[C@@H](C)[C@@H]1C. The summed E-state index contributed by atoms with van der Waals surface area (Å²) in [5.41, 5.74) is 21.2. The van der Waals surface area contributed by atoms with Crippen LogP contribution in [0.1, 0.15) is 66.0 Å². The summed E-state index contributed by atoms with van der Waals surface area (Å²) in [6.45, 7) is 13.6. The third-order valence-corrected chi connectivity index (χ3v) is 11.4. The third-order valence-electron chi connectivity index (χ3n) is 11.4. The number of aliphatic hydroxyl groups is 1. The van der Waals surface area contributed by atoms with Crippen molar-refractivity contribution in [2.24, 2.45) is 33.9 Å². The molecule has 3 aliphatic heterocycles. The van der Waals surface area contributed by atoms with Gasteiger partial charge in [-0.15, -0.1) is 0 Å². The van der Waals surface area contributed by atoms with Gasteiger partial charge in [-0.25, -0.2) is 4.79 Å². The van der Waals surface area contributed by atoms with E-state index in [-0.39, 0.29) is 49.7 Å². The number of rotatable bonds is 14. The average Bonchev–Trinajstić information content (AvgIpc) is 3.19. The van der Waals surface area contributed by atoms with Gasteiger partial charge in [-0.1, -0.05) is 106 Å². The monoisotopic (exact) mass is 765 g/mol. The Hall–Kier alpha value is -3.95. The van der Waals surface area contributed by atoms with Gasteiger partial charge < -0.3 is 38.3 Å². The maximum absolute atomic E-state index is 13.4. The molecule has 0 radical (unpaired) electrons. The van der Waals surface area contributed by atoms with Gasteiger partial charge in [-0.2, -0.15) is 0 Å². The van der Waals surface area contributed by atoms with Gasteiger partial charge in [0.05, 0.1) is 37.1 Å². The molecule has 16 nitrogen and oxygen atoms in total. The standard InChI is InChI=1S/C39H55N7O9/c1-8-30-22(2)23(3)33(47)38(53-30)55-35-25(5)27(7)52-37(32(35)43-45-41)54-34-24(4)26(6)51-36(31(34)42-44-40)50-21-46(19-28-15-11-9-12-16-28)39(48)49-20-29-17-13-10-14-18-29/h9-18,22-27,30-38,47H,8,19-21H2,1-7H3/t22-,23-,24-,25+,26?,27?,30?,31?,32?,33?,34-,35-,36+,37-,38-/m0/s1. The fourth-order valence-corrected chi connectivity index (χ4v) is 7.42. The molecule has 16 heteroatoms. The smallest absolute Gasteiger partial charge is 0.412 e. The first-order valence-corrected chi connectivity index (χ1v) is 19.1. The van der Waals surface area contributed by atoms with Gasteiger partial charge >= 0.3 is 6.09 Å². The van der Waals surface area contributed by atoms with Gasteiger partial charge in [0.15, 0.2) is 18.9 Å². The topological polar surface area (TPSA) is 203 Å². The summed E-state index contributed by atoms with van der Waals surface area (Å²) in [5.74, 6) is -0.619. The first kappa shape index (κ1) is 42.2. The Morgan fingerprint density at radius 3 is 1.84 bits per heavy atom. The van der Waals surface area contributed by atoms with E-state index in [0.29, 0.717) is 0 Å². The number of carbonyl (C=O) groups excluding carboxylic acids is 1. The zero-order valence-corrected chi connectivity index (χ0v) is 32.6. The summed E-state index contributed by atoms with van der Waals surface area (Å²) in [5, 5.41) is 19.4. The third kappa shape index (κ3) is 10.3. The minimum atomic E-state index is -1.14. The lowest BCUT2D eigenvalue weighted by Gasteiger charge is -2.49. The van der Waals surface area contributed by atoms with Gasteiger partial charge in [0.2, 0.25) is 0 Å².